The van der Waals surface area contributed by atoms with Gasteiger partial charge in [-0.1, -0.05) is 11.6 Å². The lowest BCUT2D eigenvalue weighted by molar-refractivity contribution is 0.0935. The number of carbonyl (C=O) groups is 1. The normalized spacial score (nSPS) is 11.9. The minimum atomic E-state index is -0.193. The molecule has 0 saturated heterocycles. The first kappa shape index (κ1) is 14.8. The molecule has 0 spiro atoms. The number of carbonyl (C=O) groups excluding carboxylic acids is 1. The number of aromatic nitrogens is 1. The Kier molecular flexibility index (Phi) is 4.98. The second-order valence-electron chi connectivity index (χ2n) is 4.30. The van der Waals surface area contributed by atoms with Crippen LogP contribution in [-0.4, -0.2) is 17.4 Å². The lowest BCUT2D eigenvalue weighted by atomic mass is 10.2. The topological polar surface area (TPSA) is 54.0 Å². The van der Waals surface area contributed by atoms with Gasteiger partial charge in [-0.2, -0.15) is 0 Å². The fourth-order valence-corrected chi connectivity index (χ4v) is 2.83. The number of thiophene rings is 1. The van der Waals surface area contributed by atoms with Crippen molar-refractivity contribution in [3.63, 3.8) is 0 Å². The van der Waals surface area contributed by atoms with Crippen LogP contribution in [0.1, 0.15) is 35.3 Å². The summed E-state index contributed by atoms with van der Waals surface area (Å²) >= 11 is 7.36. The summed E-state index contributed by atoms with van der Waals surface area (Å²) in [7, 11) is 0. The molecule has 0 aromatic carbocycles. The third-order valence-corrected chi connectivity index (χ3v) is 4.16. The Labute approximate surface area is 127 Å². The van der Waals surface area contributed by atoms with E-state index in [0.717, 1.165) is 17.1 Å². The van der Waals surface area contributed by atoms with Crippen LogP contribution in [0.4, 0.5) is 5.69 Å². The van der Waals surface area contributed by atoms with Crippen molar-refractivity contribution >= 4 is 34.5 Å². The molecule has 1 atom stereocenters. The van der Waals surface area contributed by atoms with Crippen LogP contribution in [0.3, 0.4) is 0 Å². The molecule has 106 valence electrons. The van der Waals surface area contributed by atoms with Crippen molar-refractivity contribution in [2.45, 2.75) is 19.9 Å². The number of nitrogens with one attached hydrogen (secondary N) is 2. The quantitative estimate of drug-likeness (QED) is 0.885. The van der Waals surface area contributed by atoms with Gasteiger partial charge in [0.05, 0.1) is 10.4 Å². The molecule has 4 nitrogen and oxygen atoms in total. The third kappa shape index (κ3) is 3.71. The highest BCUT2D eigenvalue weighted by Gasteiger charge is 2.14. The van der Waals surface area contributed by atoms with E-state index < -0.39 is 0 Å². The summed E-state index contributed by atoms with van der Waals surface area (Å²) in [6, 6.07) is 7.23. The number of nitrogens with zero attached hydrogens (tertiary/aromatic N) is 1. The standard InChI is InChI=1S/C14H16ClN3OS/c1-3-16-10-6-7-17-11(8-10)14(19)18-9(2)12-4-5-13(15)20-12/h4-9H,3H2,1-2H3,(H,16,17)(H,18,19). The third-order valence-electron chi connectivity index (χ3n) is 2.74. The van der Waals surface area contributed by atoms with E-state index in [-0.39, 0.29) is 11.9 Å². The molecule has 0 radical (unpaired) electrons. The maximum Gasteiger partial charge on any atom is 0.270 e. The highest BCUT2D eigenvalue weighted by atomic mass is 35.5. The van der Waals surface area contributed by atoms with Crippen molar-refractivity contribution in [3.8, 4) is 0 Å². The summed E-state index contributed by atoms with van der Waals surface area (Å²) < 4.78 is 0.716. The monoisotopic (exact) mass is 309 g/mol. The highest BCUT2D eigenvalue weighted by molar-refractivity contribution is 7.16. The number of amides is 1. The Balaban J connectivity index is 2.06. The van der Waals surface area contributed by atoms with Gasteiger partial charge >= 0.3 is 0 Å². The molecule has 0 aliphatic rings. The molecular weight excluding hydrogens is 294 g/mol. The predicted molar refractivity (Wildman–Crippen MR) is 83.6 cm³/mol. The van der Waals surface area contributed by atoms with E-state index in [1.807, 2.05) is 32.0 Å². The largest absolute Gasteiger partial charge is 0.385 e. The average molecular weight is 310 g/mol. The minimum Gasteiger partial charge on any atom is -0.385 e. The van der Waals surface area contributed by atoms with Gasteiger partial charge < -0.3 is 10.6 Å². The zero-order valence-corrected chi connectivity index (χ0v) is 12.9. The average Bonchev–Trinajstić information content (AvgIpc) is 2.86. The van der Waals surface area contributed by atoms with Crippen molar-refractivity contribution in [2.75, 3.05) is 11.9 Å². The Bertz CT molecular complexity index is 600. The molecule has 2 heterocycles. The van der Waals surface area contributed by atoms with E-state index in [1.54, 1.807) is 12.3 Å². The number of halogens is 1. The van der Waals surface area contributed by atoms with Gasteiger partial charge in [0.25, 0.3) is 5.91 Å². The molecule has 1 unspecified atom stereocenters. The maximum absolute atomic E-state index is 12.2. The van der Waals surface area contributed by atoms with Gasteiger partial charge in [0.2, 0.25) is 0 Å². The Morgan fingerprint density at radius 3 is 2.90 bits per heavy atom. The van der Waals surface area contributed by atoms with Crippen LogP contribution in [0.15, 0.2) is 30.5 Å². The Hall–Kier alpha value is -1.59. The molecule has 1 amide bonds. The molecule has 0 bridgehead atoms. The van der Waals surface area contributed by atoms with Crippen LogP contribution >= 0.6 is 22.9 Å². The molecular formula is C14H16ClN3OS. The summed E-state index contributed by atoms with van der Waals surface area (Å²) in [5.41, 5.74) is 1.29. The first-order chi connectivity index (χ1) is 9.60. The van der Waals surface area contributed by atoms with Crippen molar-refractivity contribution in [1.29, 1.82) is 0 Å². The zero-order chi connectivity index (χ0) is 14.5. The first-order valence-electron chi connectivity index (χ1n) is 6.36. The number of hydrogen-bond donors (Lipinski definition) is 2. The number of hydrogen-bond acceptors (Lipinski definition) is 4. The molecule has 0 fully saturated rings. The van der Waals surface area contributed by atoms with E-state index in [9.17, 15) is 4.79 Å². The fourth-order valence-electron chi connectivity index (χ4n) is 1.77. The zero-order valence-electron chi connectivity index (χ0n) is 11.3. The molecule has 2 rings (SSSR count). The molecule has 0 saturated carbocycles. The van der Waals surface area contributed by atoms with E-state index in [4.69, 9.17) is 11.6 Å². The summed E-state index contributed by atoms with van der Waals surface area (Å²) in [6.07, 6.45) is 1.62. The van der Waals surface area contributed by atoms with Gasteiger partial charge in [-0.15, -0.1) is 11.3 Å². The van der Waals surface area contributed by atoms with Crippen LogP contribution in [0.2, 0.25) is 4.34 Å². The van der Waals surface area contributed by atoms with Crippen LogP contribution in [0.5, 0.6) is 0 Å². The van der Waals surface area contributed by atoms with Crippen molar-refractivity contribution in [3.05, 3.63) is 45.4 Å². The van der Waals surface area contributed by atoms with Gasteiger partial charge in [0, 0.05) is 23.3 Å². The van der Waals surface area contributed by atoms with Gasteiger partial charge in [0.15, 0.2) is 0 Å². The van der Waals surface area contributed by atoms with Crippen LogP contribution in [0.25, 0.3) is 0 Å². The lowest BCUT2D eigenvalue weighted by Crippen LogP contribution is -2.27. The number of pyridine rings is 1. The second kappa shape index (κ2) is 6.72. The van der Waals surface area contributed by atoms with E-state index in [0.29, 0.717) is 10.0 Å². The number of rotatable bonds is 5. The summed E-state index contributed by atoms with van der Waals surface area (Å²) in [5.74, 6) is -0.193. The van der Waals surface area contributed by atoms with Gasteiger partial charge in [-0.05, 0) is 38.1 Å². The second-order valence-corrected chi connectivity index (χ2v) is 6.04. The van der Waals surface area contributed by atoms with Gasteiger partial charge in [-0.25, -0.2) is 0 Å². The molecule has 2 aromatic heterocycles. The van der Waals surface area contributed by atoms with E-state index in [1.165, 1.54) is 11.3 Å². The molecule has 20 heavy (non-hydrogen) atoms. The van der Waals surface area contributed by atoms with Crippen LogP contribution < -0.4 is 10.6 Å². The SMILES string of the molecule is CCNc1ccnc(C(=O)NC(C)c2ccc(Cl)s2)c1. The van der Waals surface area contributed by atoms with Crippen LogP contribution in [0, 0.1) is 0 Å². The fraction of sp³-hybridized carbons (Fsp3) is 0.286. The minimum absolute atomic E-state index is 0.0930. The summed E-state index contributed by atoms with van der Waals surface area (Å²) in [6.45, 7) is 4.73. The van der Waals surface area contributed by atoms with Gasteiger partial charge in [-0.3, -0.25) is 9.78 Å². The van der Waals surface area contributed by atoms with Crippen LogP contribution in [-0.2, 0) is 0 Å². The lowest BCUT2D eigenvalue weighted by Gasteiger charge is -2.12. The Morgan fingerprint density at radius 1 is 1.45 bits per heavy atom. The number of anilines is 1. The molecule has 0 aliphatic heterocycles. The summed E-state index contributed by atoms with van der Waals surface area (Å²) in [4.78, 5) is 17.3. The highest BCUT2D eigenvalue weighted by Crippen LogP contribution is 2.26. The first-order valence-corrected chi connectivity index (χ1v) is 7.55. The molecule has 2 aromatic rings. The predicted octanol–water partition coefficient (Wildman–Crippen LogP) is 3.72. The van der Waals surface area contributed by atoms with Crippen molar-refractivity contribution < 1.29 is 4.79 Å². The molecule has 2 N–H and O–H groups in total. The smallest absolute Gasteiger partial charge is 0.270 e. The van der Waals surface area contributed by atoms with E-state index in [2.05, 4.69) is 15.6 Å². The van der Waals surface area contributed by atoms with E-state index >= 15 is 0 Å². The summed E-state index contributed by atoms with van der Waals surface area (Å²) in [5, 5.41) is 6.07. The van der Waals surface area contributed by atoms with Gasteiger partial charge in [0.1, 0.15) is 5.69 Å². The maximum atomic E-state index is 12.2. The molecule has 6 heteroatoms. The van der Waals surface area contributed by atoms with Crippen molar-refractivity contribution in [1.82, 2.24) is 10.3 Å². The molecule has 0 aliphatic carbocycles. The van der Waals surface area contributed by atoms with Crippen molar-refractivity contribution in [2.24, 2.45) is 0 Å². The Morgan fingerprint density at radius 2 is 2.25 bits per heavy atom.